The van der Waals surface area contributed by atoms with Crippen LogP contribution in [0.1, 0.15) is 32.1 Å². The van der Waals surface area contributed by atoms with Crippen LogP contribution in [0.4, 0.5) is 9.59 Å². The van der Waals surface area contributed by atoms with Crippen LogP contribution < -0.4 is 16.9 Å². The first kappa shape index (κ1) is 13.6. The molecule has 0 atom stereocenters. The maximum Gasteiger partial charge on any atom is 0.348 e. The standard InChI is InChI=1S/C8H16N4O4S/c9-7(13)11-12(8(10)14)17(15,16)6-4-2-1-3-5-6/h6H,1-5H2,(H2,10,14)(H3,9,11,13). The monoisotopic (exact) mass is 264 g/mol. The van der Waals surface area contributed by atoms with E-state index >= 15 is 0 Å². The van der Waals surface area contributed by atoms with Crippen molar-refractivity contribution < 1.29 is 18.0 Å². The quantitative estimate of drug-likeness (QED) is 0.585. The summed E-state index contributed by atoms with van der Waals surface area (Å²) in [7, 11) is -3.97. The van der Waals surface area contributed by atoms with E-state index < -0.39 is 27.3 Å². The molecule has 0 aromatic heterocycles. The van der Waals surface area contributed by atoms with Crippen molar-refractivity contribution in [1.29, 1.82) is 0 Å². The molecule has 0 aliphatic heterocycles. The van der Waals surface area contributed by atoms with Gasteiger partial charge in [-0.1, -0.05) is 19.3 Å². The molecule has 17 heavy (non-hydrogen) atoms. The molecule has 0 unspecified atom stereocenters. The van der Waals surface area contributed by atoms with Gasteiger partial charge in [0.25, 0.3) is 10.0 Å². The largest absolute Gasteiger partial charge is 0.350 e. The van der Waals surface area contributed by atoms with Crippen LogP contribution in [0.2, 0.25) is 0 Å². The first-order valence-corrected chi connectivity index (χ1v) is 6.75. The van der Waals surface area contributed by atoms with Crippen molar-refractivity contribution in [3.05, 3.63) is 0 Å². The molecule has 4 amide bonds. The number of nitrogens with two attached hydrogens (primary N) is 2. The third-order valence-electron chi connectivity index (χ3n) is 2.64. The van der Waals surface area contributed by atoms with Crippen molar-refractivity contribution in [2.24, 2.45) is 11.5 Å². The average molecular weight is 264 g/mol. The minimum absolute atomic E-state index is 0.130. The molecule has 0 saturated heterocycles. The summed E-state index contributed by atoms with van der Waals surface area (Å²) in [6, 6.07) is -2.42. The Morgan fingerprint density at radius 2 is 1.65 bits per heavy atom. The van der Waals surface area contributed by atoms with Crippen molar-refractivity contribution in [3.63, 3.8) is 0 Å². The van der Waals surface area contributed by atoms with Crippen LogP contribution in [-0.2, 0) is 10.0 Å². The molecule has 1 aliphatic carbocycles. The summed E-state index contributed by atoms with van der Waals surface area (Å²) in [4.78, 5) is 21.7. The summed E-state index contributed by atoms with van der Waals surface area (Å²) in [6.45, 7) is 0. The maximum atomic E-state index is 12.0. The Bertz CT molecular complexity index is 402. The van der Waals surface area contributed by atoms with Crippen molar-refractivity contribution in [3.8, 4) is 0 Å². The van der Waals surface area contributed by atoms with E-state index in [9.17, 15) is 18.0 Å². The topological polar surface area (TPSA) is 136 Å². The number of hydrazine groups is 1. The zero-order chi connectivity index (χ0) is 13.1. The fraction of sp³-hybridized carbons (Fsp3) is 0.750. The number of hydrogen-bond acceptors (Lipinski definition) is 4. The molecule has 0 radical (unpaired) electrons. The number of nitrogens with one attached hydrogen (secondary N) is 1. The normalized spacial score (nSPS) is 17.4. The highest BCUT2D eigenvalue weighted by Gasteiger charge is 2.36. The molecule has 8 nitrogen and oxygen atoms in total. The average Bonchev–Trinajstić information content (AvgIpc) is 2.26. The highest BCUT2D eigenvalue weighted by Crippen LogP contribution is 2.25. The molecule has 1 rings (SSSR count). The van der Waals surface area contributed by atoms with E-state index in [0.717, 1.165) is 19.3 Å². The Kier molecular flexibility index (Phi) is 4.16. The van der Waals surface area contributed by atoms with Gasteiger partial charge in [-0.15, -0.1) is 4.41 Å². The molecule has 98 valence electrons. The molecule has 1 fully saturated rings. The smallest absolute Gasteiger partial charge is 0.348 e. The highest BCUT2D eigenvalue weighted by atomic mass is 32.2. The third-order valence-corrected chi connectivity index (χ3v) is 4.73. The van der Waals surface area contributed by atoms with E-state index in [1.54, 1.807) is 5.43 Å². The number of rotatable bonds is 2. The second kappa shape index (κ2) is 5.21. The van der Waals surface area contributed by atoms with Crippen molar-refractivity contribution in [1.82, 2.24) is 9.84 Å². The summed E-state index contributed by atoms with van der Waals surface area (Å²) in [5.41, 5.74) is 11.4. The zero-order valence-electron chi connectivity index (χ0n) is 9.26. The van der Waals surface area contributed by atoms with E-state index in [2.05, 4.69) is 0 Å². The van der Waals surface area contributed by atoms with Crippen LogP contribution in [0.25, 0.3) is 0 Å². The Balaban J connectivity index is 2.90. The number of sulfonamides is 1. The minimum atomic E-state index is -3.97. The van der Waals surface area contributed by atoms with Crippen molar-refractivity contribution >= 4 is 22.1 Å². The highest BCUT2D eigenvalue weighted by molar-refractivity contribution is 7.90. The molecule has 0 bridgehead atoms. The molecular formula is C8H16N4O4S. The fourth-order valence-electron chi connectivity index (χ4n) is 1.86. The van der Waals surface area contributed by atoms with E-state index in [1.165, 1.54) is 0 Å². The first-order chi connectivity index (χ1) is 7.85. The lowest BCUT2D eigenvalue weighted by Gasteiger charge is -2.27. The van der Waals surface area contributed by atoms with Gasteiger partial charge in [0, 0.05) is 0 Å². The SMILES string of the molecule is NC(=O)NN(C(N)=O)S(=O)(=O)C1CCCCC1. The second-order valence-corrected chi connectivity index (χ2v) is 5.95. The van der Waals surface area contributed by atoms with Crippen molar-refractivity contribution in [2.75, 3.05) is 0 Å². The predicted octanol–water partition coefficient (Wildman–Crippen LogP) is -0.387. The number of primary amides is 2. The number of amides is 4. The molecule has 0 spiro atoms. The lowest BCUT2D eigenvalue weighted by molar-refractivity contribution is 0.209. The van der Waals surface area contributed by atoms with Gasteiger partial charge in [-0.3, -0.25) is 0 Å². The maximum absolute atomic E-state index is 12.0. The van der Waals surface area contributed by atoms with E-state index in [4.69, 9.17) is 11.5 Å². The van der Waals surface area contributed by atoms with Gasteiger partial charge in [0.1, 0.15) is 0 Å². The number of hydrogen-bond donors (Lipinski definition) is 3. The molecule has 9 heteroatoms. The number of urea groups is 2. The van der Waals surface area contributed by atoms with Crippen LogP contribution in [0, 0.1) is 0 Å². The first-order valence-electron chi connectivity index (χ1n) is 5.25. The number of nitrogens with zero attached hydrogens (tertiary/aromatic N) is 1. The van der Waals surface area contributed by atoms with Gasteiger partial charge in [-0.2, -0.15) is 0 Å². The van der Waals surface area contributed by atoms with Gasteiger partial charge < -0.3 is 11.5 Å². The summed E-state index contributed by atoms with van der Waals surface area (Å²) >= 11 is 0. The van der Waals surface area contributed by atoms with E-state index in [1.807, 2.05) is 0 Å². The fourth-order valence-corrected chi connectivity index (χ4v) is 3.55. The van der Waals surface area contributed by atoms with E-state index in [0.29, 0.717) is 12.8 Å². The summed E-state index contributed by atoms with van der Waals surface area (Å²) in [5, 5.41) is -0.699. The molecule has 0 heterocycles. The number of carbonyl (C=O) groups is 2. The van der Waals surface area contributed by atoms with Gasteiger partial charge in [-0.25, -0.2) is 23.4 Å². The van der Waals surface area contributed by atoms with Gasteiger partial charge >= 0.3 is 12.1 Å². The second-order valence-electron chi connectivity index (χ2n) is 3.88. The van der Waals surface area contributed by atoms with Crippen LogP contribution in [0.15, 0.2) is 0 Å². The zero-order valence-corrected chi connectivity index (χ0v) is 10.1. The third kappa shape index (κ3) is 3.22. The van der Waals surface area contributed by atoms with Crippen LogP contribution in [0.3, 0.4) is 0 Å². The Morgan fingerprint density at radius 1 is 1.12 bits per heavy atom. The predicted molar refractivity (Wildman–Crippen MR) is 59.9 cm³/mol. The molecule has 1 saturated carbocycles. The molecule has 0 aromatic carbocycles. The molecule has 1 aliphatic rings. The van der Waals surface area contributed by atoms with Crippen LogP contribution >= 0.6 is 0 Å². The lowest BCUT2D eigenvalue weighted by atomic mass is 10.0. The van der Waals surface area contributed by atoms with Crippen molar-refractivity contribution in [2.45, 2.75) is 37.4 Å². The molecule has 0 aromatic rings. The summed E-state index contributed by atoms with van der Waals surface area (Å²) in [6.07, 6.45) is 3.41. The van der Waals surface area contributed by atoms with Crippen LogP contribution in [-0.4, -0.2) is 30.1 Å². The van der Waals surface area contributed by atoms with Gasteiger partial charge in [0.15, 0.2) is 0 Å². The van der Waals surface area contributed by atoms with Gasteiger partial charge in [0.2, 0.25) is 0 Å². The molecular weight excluding hydrogens is 248 g/mol. The van der Waals surface area contributed by atoms with Gasteiger partial charge in [0.05, 0.1) is 5.25 Å². The lowest BCUT2D eigenvalue weighted by Crippen LogP contribution is -2.56. The molecule has 5 N–H and O–H groups in total. The number of carbonyl (C=O) groups excluding carboxylic acids is 2. The Labute approximate surface area is 99.3 Å². The minimum Gasteiger partial charge on any atom is -0.350 e. The Morgan fingerprint density at radius 3 is 2.06 bits per heavy atom. The summed E-state index contributed by atoms with van der Waals surface area (Å²) < 4.78 is 24.2. The van der Waals surface area contributed by atoms with Gasteiger partial charge in [-0.05, 0) is 12.8 Å². The van der Waals surface area contributed by atoms with E-state index in [-0.39, 0.29) is 4.41 Å². The van der Waals surface area contributed by atoms with Crippen LogP contribution in [0.5, 0.6) is 0 Å². The Hall–Kier alpha value is -1.51. The summed E-state index contributed by atoms with van der Waals surface area (Å²) in [5.74, 6) is 0.